The summed E-state index contributed by atoms with van der Waals surface area (Å²) >= 11 is 3.35. The molecule has 0 aromatic heterocycles. The molecular weight excluding hydrogens is 418 g/mol. The molecule has 3 atom stereocenters. The molecule has 2 aromatic carbocycles. The van der Waals surface area contributed by atoms with Gasteiger partial charge in [0.15, 0.2) is 9.84 Å². The minimum Gasteiger partial charge on any atom is -0.465 e. The molecule has 0 bridgehead atoms. The number of halogens is 1. The van der Waals surface area contributed by atoms with E-state index in [1.54, 1.807) is 55.5 Å². The highest BCUT2D eigenvalue weighted by atomic mass is 79.9. The first kappa shape index (κ1) is 19.1. The topological polar surface area (TPSA) is 86.5 Å². The zero-order chi connectivity index (χ0) is 19.1. The summed E-state index contributed by atoms with van der Waals surface area (Å²) in [5, 5.41) is -1.06. The SMILES string of the molecule is CCOC(=O)[C@@]1(N)[C@H](c2ccc(Br)cc2)[C@@H]1S(=O)(=O)c1ccc(C)cc1. The zero-order valence-corrected chi connectivity index (χ0v) is 16.9. The Balaban J connectivity index is 2.06. The second kappa shape index (κ2) is 6.79. The Morgan fingerprint density at radius 2 is 1.73 bits per heavy atom. The first-order valence-corrected chi connectivity index (χ1v) is 10.6. The van der Waals surface area contributed by atoms with Gasteiger partial charge in [-0.15, -0.1) is 0 Å². The fourth-order valence-corrected chi connectivity index (χ4v) is 5.80. The molecule has 0 aliphatic heterocycles. The van der Waals surface area contributed by atoms with E-state index in [-0.39, 0.29) is 11.5 Å². The fraction of sp³-hybridized carbons (Fsp3) is 0.316. The van der Waals surface area contributed by atoms with Crippen LogP contribution in [0, 0.1) is 6.92 Å². The van der Waals surface area contributed by atoms with Crippen LogP contribution in [0.3, 0.4) is 0 Å². The van der Waals surface area contributed by atoms with Crippen molar-refractivity contribution in [1.29, 1.82) is 0 Å². The van der Waals surface area contributed by atoms with Gasteiger partial charge in [0.05, 0.1) is 11.5 Å². The molecule has 3 rings (SSSR count). The van der Waals surface area contributed by atoms with Gasteiger partial charge < -0.3 is 10.5 Å². The van der Waals surface area contributed by atoms with Gasteiger partial charge in [0.2, 0.25) is 0 Å². The minimum atomic E-state index is -3.80. The van der Waals surface area contributed by atoms with Crippen LogP contribution in [0.4, 0.5) is 0 Å². The highest BCUT2D eigenvalue weighted by Crippen LogP contribution is 2.56. The first-order valence-electron chi connectivity index (χ1n) is 8.25. The summed E-state index contributed by atoms with van der Waals surface area (Å²) in [6.45, 7) is 3.69. The van der Waals surface area contributed by atoms with E-state index in [1.807, 2.05) is 6.92 Å². The number of sulfone groups is 1. The van der Waals surface area contributed by atoms with Crippen LogP contribution >= 0.6 is 15.9 Å². The Morgan fingerprint density at radius 3 is 2.27 bits per heavy atom. The number of esters is 1. The predicted molar refractivity (Wildman–Crippen MR) is 103 cm³/mol. The molecule has 138 valence electrons. The fourth-order valence-electron chi connectivity index (χ4n) is 3.30. The van der Waals surface area contributed by atoms with Crippen molar-refractivity contribution in [2.45, 2.75) is 35.4 Å². The molecule has 0 unspecified atom stereocenters. The van der Waals surface area contributed by atoms with Crippen molar-refractivity contribution >= 4 is 31.7 Å². The quantitative estimate of drug-likeness (QED) is 0.726. The number of benzene rings is 2. The second-order valence-electron chi connectivity index (χ2n) is 6.46. The molecule has 0 amide bonds. The normalized spacial score (nSPS) is 24.9. The van der Waals surface area contributed by atoms with Gasteiger partial charge in [0.1, 0.15) is 10.8 Å². The van der Waals surface area contributed by atoms with Crippen molar-refractivity contribution in [3.63, 3.8) is 0 Å². The van der Waals surface area contributed by atoms with E-state index in [4.69, 9.17) is 10.5 Å². The van der Waals surface area contributed by atoms with E-state index in [0.29, 0.717) is 5.56 Å². The summed E-state index contributed by atoms with van der Waals surface area (Å²) in [7, 11) is -3.80. The molecule has 1 aliphatic carbocycles. The van der Waals surface area contributed by atoms with Crippen molar-refractivity contribution in [3.05, 3.63) is 64.1 Å². The maximum Gasteiger partial charge on any atom is 0.328 e. The lowest BCUT2D eigenvalue weighted by atomic mass is 10.1. The van der Waals surface area contributed by atoms with Crippen LogP contribution in [0.5, 0.6) is 0 Å². The van der Waals surface area contributed by atoms with Crippen LogP contribution < -0.4 is 5.73 Å². The molecule has 1 fully saturated rings. The van der Waals surface area contributed by atoms with Gasteiger partial charge in [-0.2, -0.15) is 0 Å². The van der Waals surface area contributed by atoms with Gasteiger partial charge in [-0.1, -0.05) is 45.8 Å². The van der Waals surface area contributed by atoms with Crippen LogP contribution in [0.15, 0.2) is 57.9 Å². The van der Waals surface area contributed by atoms with Crippen LogP contribution in [0.2, 0.25) is 0 Å². The van der Waals surface area contributed by atoms with E-state index in [1.165, 1.54) is 0 Å². The summed E-state index contributed by atoms with van der Waals surface area (Å²) in [5.74, 6) is -1.34. The molecule has 1 aliphatic rings. The predicted octanol–water partition coefficient (Wildman–Crippen LogP) is 2.96. The summed E-state index contributed by atoms with van der Waals surface area (Å²) in [6, 6.07) is 13.7. The highest BCUT2D eigenvalue weighted by molar-refractivity contribution is 9.10. The van der Waals surface area contributed by atoms with Gasteiger partial charge in [-0.05, 0) is 43.7 Å². The maximum absolute atomic E-state index is 13.2. The Bertz CT molecular complexity index is 925. The van der Waals surface area contributed by atoms with E-state index in [0.717, 1.165) is 10.0 Å². The van der Waals surface area contributed by atoms with E-state index < -0.39 is 32.5 Å². The second-order valence-corrected chi connectivity index (χ2v) is 9.45. The average Bonchev–Trinajstić information content (AvgIpc) is 3.25. The molecule has 26 heavy (non-hydrogen) atoms. The van der Waals surface area contributed by atoms with Crippen LogP contribution in [0.1, 0.15) is 24.0 Å². The van der Waals surface area contributed by atoms with Crippen molar-refractivity contribution in [2.75, 3.05) is 6.61 Å². The van der Waals surface area contributed by atoms with Gasteiger partial charge in [0, 0.05) is 10.4 Å². The van der Waals surface area contributed by atoms with Crippen LogP contribution in [-0.2, 0) is 19.4 Å². The molecule has 1 saturated carbocycles. The molecule has 0 radical (unpaired) electrons. The monoisotopic (exact) mass is 437 g/mol. The number of carbonyl (C=O) groups is 1. The number of hydrogen-bond donors (Lipinski definition) is 1. The molecule has 7 heteroatoms. The van der Waals surface area contributed by atoms with Gasteiger partial charge in [-0.25, -0.2) is 13.2 Å². The minimum absolute atomic E-state index is 0.141. The standard InChI is InChI=1S/C19H20BrNO4S/c1-3-25-18(22)19(21)16(13-6-8-14(20)9-7-13)17(19)26(23,24)15-10-4-12(2)5-11-15/h4-11,16-17H,3,21H2,1-2H3/t16-,17+,19-/m1/s1. The van der Waals surface area contributed by atoms with Crippen molar-refractivity contribution in [2.24, 2.45) is 5.73 Å². The van der Waals surface area contributed by atoms with Crippen LogP contribution in [0.25, 0.3) is 0 Å². The Labute approximate surface area is 161 Å². The van der Waals surface area contributed by atoms with E-state index in [2.05, 4.69) is 15.9 Å². The number of hydrogen-bond acceptors (Lipinski definition) is 5. The van der Waals surface area contributed by atoms with Crippen molar-refractivity contribution < 1.29 is 17.9 Å². The summed E-state index contributed by atoms with van der Waals surface area (Å²) in [4.78, 5) is 12.7. The number of aryl methyl sites for hydroxylation is 1. The lowest BCUT2D eigenvalue weighted by molar-refractivity contribution is -0.145. The summed E-state index contributed by atoms with van der Waals surface area (Å²) in [6.07, 6.45) is 0. The maximum atomic E-state index is 13.2. The van der Waals surface area contributed by atoms with Crippen LogP contribution in [-0.4, -0.2) is 31.8 Å². The van der Waals surface area contributed by atoms with Gasteiger partial charge >= 0.3 is 5.97 Å². The van der Waals surface area contributed by atoms with Gasteiger partial charge in [-0.3, -0.25) is 0 Å². The molecule has 0 spiro atoms. The van der Waals surface area contributed by atoms with Gasteiger partial charge in [0.25, 0.3) is 0 Å². The number of rotatable bonds is 5. The molecule has 2 aromatic rings. The first-order chi connectivity index (χ1) is 12.2. The highest BCUT2D eigenvalue weighted by Gasteiger charge is 2.74. The Kier molecular flexibility index (Phi) is 4.98. The third-order valence-corrected chi connectivity index (χ3v) is 7.51. The van der Waals surface area contributed by atoms with Crippen molar-refractivity contribution in [1.82, 2.24) is 0 Å². The Morgan fingerprint density at radius 1 is 1.15 bits per heavy atom. The number of carbonyl (C=O) groups excluding carboxylic acids is 1. The molecule has 0 saturated heterocycles. The lowest BCUT2D eigenvalue weighted by Crippen LogP contribution is -2.41. The smallest absolute Gasteiger partial charge is 0.328 e. The van der Waals surface area contributed by atoms with E-state index in [9.17, 15) is 13.2 Å². The molecule has 2 N–H and O–H groups in total. The third-order valence-electron chi connectivity index (χ3n) is 4.72. The lowest BCUT2D eigenvalue weighted by Gasteiger charge is -2.11. The zero-order valence-electron chi connectivity index (χ0n) is 14.5. The van der Waals surface area contributed by atoms with Crippen molar-refractivity contribution in [3.8, 4) is 0 Å². The number of ether oxygens (including phenoxy) is 1. The molecule has 0 heterocycles. The van der Waals surface area contributed by atoms with E-state index >= 15 is 0 Å². The largest absolute Gasteiger partial charge is 0.465 e. The Hall–Kier alpha value is -1.70. The average molecular weight is 438 g/mol. The molecular formula is C19H20BrNO4S. The summed E-state index contributed by atoms with van der Waals surface area (Å²) in [5.41, 5.74) is 6.38. The third kappa shape index (κ3) is 3.08. The number of nitrogens with two attached hydrogens (primary N) is 1. The molecule has 5 nitrogen and oxygen atoms in total. The summed E-state index contributed by atoms with van der Waals surface area (Å²) < 4.78 is 32.3.